The summed E-state index contributed by atoms with van der Waals surface area (Å²) in [5, 5.41) is 0. The molecular formula is C12H17BrN2. The largest absolute Gasteiger partial charge is 0.387 e. The number of aryl methyl sites for hydroxylation is 1. The molecule has 1 rings (SSSR count). The van der Waals surface area contributed by atoms with Gasteiger partial charge in [0.1, 0.15) is 5.84 Å². The molecule has 0 aliphatic carbocycles. The number of nitrogens with zero attached hydrogens (tertiary/aromatic N) is 1. The van der Waals surface area contributed by atoms with E-state index in [2.05, 4.69) is 41.7 Å². The maximum Gasteiger partial charge on any atom is 0.105 e. The van der Waals surface area contributed by atoms with Gasteiger partial charge in [-0.05, 0) is 34.5 Å². The highest BCUT2D eigenvalue weighted by atomic mass is 79.9. The first-order chi connectivity index (χ1) is 6.82. The van der Waals surface area contributed by atoms with Crippen LogP contribution in [0, 0.1) is 12.3 Å². The molecule has 0 spiro atoms. The number of amidine groups is 1. The molecular weight excluding hydrogens is 252 g/mol. The molecule has 82 valence electrons. The lowest BCUT2D eigenvalue weighted by atomic mass is 9.95. The first kappa shape index (κ1) is 12.2. The average molecular weight is 269 g/mol. The van der Waals surface area contributed by atoms with Crippen LogP contribution in [0.5, 0.6) is 0 Å². The van der Waals surface area contributed by atoms with Crippen LogP contribution in [0.3, 0.4) is 0 Å². The summed E-state index contributed by atoms with van der Waals surface area (Å²) in [6.45, 7) is 8.19. The minimum absolute atomic E-state index is 0.0941. The SMILES string of the molecule is Cc1cccc(N=C(N)C(C)(C)C)c1Br. The first-order valence-electron chi connectivity index (χ1n) is 4.92. The van der Waals surface area contributed by atoms with E-state index in [1.807, 2.05) is 25.1 Å². The van der Waals surface area contributed by atoms with Crippen LogP contribution in [0.1, 0.15) is 26.3 Å². The monoisotopic (exact) mass is 268 g/mol. The van der Waals surface area contributed by atoms with Crippen LogP contribution in [0.25, 0.3) is 0 Å². The Bertz CT molecular complexity index is 389. The van der Waals surface area contributed by atoms with Crippen LogP contribution in [0.4, 0.5) is 5.69 Å². The van der Waals surface area contributed by atoms with Gasteiger partial charge in [0.25, 0.3) is 0 Å². The van der Waals surface area contributed by atoms with Gasteiger partial charge in [0.05, 0.1) is 5.69 Å². The molecule has 1 aromatic rings. The molecule has 0 bridgehead atoms. The molecule has 0 atom stereocenters. The number of benzene rings is 1. The Balaban J connectivity index is 3.15. The zero-order valence-corrected chi connectivity index (χ0v) is 11.2. The molecule has 3 heteroatoms. The molecule has 0 heterocycles. The Labute approximate surface area is 99.7 Å². The van der Waals surface area contributed by atoms with Gasteiger partial charge in [0.15, 0.2) is 0 Å². The molecule has 0 aliphatic heterocycles. The Morgan fingerprint density at radius 3 is 2.47 bits per heavy atom. The van der Waals surface area contributed by atoms with E-state index in [1.54, 1.807) is 0 Å². The van der Waals surface area contributed by atoms with Gasteiger partial charge in [-0.2, -0.15) is 0 Å². The van der Waals surface area contributed by atoms with Crippen molar-refractivity contribution in [1.82, 2.24) is 0 Å². The fourth-order valence-corrected chi connectivity index (χ4v) is 1.37. The lowest BCUT2D eigenvalue weighted by molar-refractivity contribution is 0.585. The van der Waals surface area contributed by atoms with Crippen molar-refractivity contribution in [2.75, 3.05) is 0 Å². The van der Waals surface area contributed by atoms with Crippen LogP contribution in [-0.4, -0.2) is 5.84 Å². The lowest BCUT2D eigenvalue weighted by Crippen LogP contribution is -2.28. The van der Waals surface area contributed by atoms with Crippen LogP contribution < -0.4 is 5.73 Å². The normalized spacial score (nSPS) is 13.0. The van der Waals surface area contributed by atoms with Gasteiger partial charge in [-0.1, -0.05) is 32.9 Å². The lowest BCUT2D eigenvalue weighted by Gasteiger charge is -2.17. The summed E-state index contributed by atoms with van der Waals surface area (Å²) in [5.41, 5.74) is 7.89. The van der Waals surface area contributed by atoms with Gasteiger partial charge in [-0.15, -0.1) is 0 Å². The van der Waals surface area contributed by atoms with Gasteiger partial charge in [0, 0.05) is 9.89 Å². The fourth-order valence-electron chi connectivity index (χ4n) is 1.02. The topological polar surface area (TPSA) is 38.4 Å². The van der Waals surface area contributed by atoms with E-state index in [-0.39, 0.29) is 5.41 Å². The van der Waals surface area contributed by atoms with Gasteiger partial charge >= 0.3 is 0 Å². The van der Waals surface area contributed by atoms with E-state index in [9.17, 15) is 0 Å². The van der Waals surface area contributed by atoms with Crippen molar-refractivity contribution in [3.8, 4) is 0 Å². The molecule has 2 nitrogen and oxygen atoms in total. The minimum atomic E-state index is -0.0941. The standard InChI is InChI=1S/C12H17BrN2/c1-8-6-5-7-9(10(8)13)15-11(14)12(2,3)4/h5-7H,1-4H3,(H2,14,15). The first-order valence-corrected chi connectivity index (χ1v) is 5.71. The van der Waals surface area contributed by atoms with Gasteiger partial charge in [-0.3, -0.25) is 0 Å². The second-order valence-electron chi connectivity index (χ2n) is 4.66. The third-order valence-corrected chi connectivity index (χ3v) is 3.21. The molecule has 0 aliphatic rings. The van der Waals surface area contributed by atoms with E-state index in [4.69, 9.17) is 5.73 Å². The number of nitrogens with two attached hydrogens (primary N) is 1. The number of hydrogen-bond acceptors (Lipinski definition) is 1. The zero-order chi connectivity index (χ0) is 11.6. The van der Waals surface area contributed by atoms with Crippen LogP contribution in [0.2, 0.25) is 0 Å². The Hall–Kier alpha value is -0.830. The minimum Gasteiger partial charge on any atom is -0.387 e. The molecule has 2 N–H and O–H groups in total. The summed E-state index contributed by atoms with van der Waals surface area (Å²) in [5.74, 6) is 0.647. The molecule has 15 heavy (non-hydrogen) atoms. The van der Waals surface area contributed by atoms with E-state index in [0.29, 0.717) is 5.84 Å². The molecule has 0 aromatic heterocycles. The summed E-state index contributed by atoms with van der Waals surface area (Å²) in [7, 11) is 0. The van der Waals surface area contributed by atoms with Gasteiger partial charge < -0.3 is 5.73 Å². The van der Waals surface area contributed by atoms with Gasteiger partial charge in [0.2, 0.25) is 0 Å². The van der Waals surface area contributed by atoms with Gasteiger partial charge in [-0.25, -0.2) is 4.99 Å². The third kappa shape index (κ3) is 3.06. The Morgan fingerprint density at radius 2 is 1.93 bits per heavy atom. The van der Waals surface area contributed by atoms with Crippen molar-refractivity contribution >= 4 is 27.5 Å². The predicted molar refractivity (Wildman–Crippen MR) is 69.6 cm³/mol. The molecule has 0 saturated heterocycles. The summed E-state index contributed by atoms with van der Waals surface area (Å²) < 4.78 is 1.01. The number of rotatable bonds is 1. The highest BCUT2D eigenvalue weighted by Crippen LogP contribution is 2.29. The maximum atomic E-state index is 5.93. The Kier molecular flexibility index (Phi) is 3.55. The second-order valence-corrected chi connectivity index (χ2v) is 5.45. The summed E-state index contributed by atoms with van der Waals surface area (Å²) in [4.78, 5) is 4.44. The van der Waals surface area contributed by atoms with Crippen molar-refractivity contribution in [3.63, 3.8) is 0 Å². The Morgan fingerprint density at radius 1 is 1.33 bits per heavy atom. The van der Waals surface area contributed by atoms with Crippen molar-refractivity contribution in [2.45, 2.75) is 27.7 Å². The maximum absolute atomic E-state index is 5.93. The molecule has 0 radical (unpaired) electrons. The smallest absolute Gasteiger partial charge is 0.105 e. The average Bonchev–Trinajstić information content (AvgIpc) is 2.11. The quantitative estimate of drug-likeness (QED) is 0.611. The fraction of sp³-hybridized carbons (Fsp3) is 0.417. The molecule has 0 saturated carbocycles. The van der Waals surface area contributed by atoms with E-state index in [0.717, 1.165) is 15.7 Å². The second kappa shape index (κ2) is 4.35. The van der Waals surface area contributed by atoms with Crippen molar-refractivity contribution in [2.24, 2.45) is 16.1 Å². The van der Waals surface area contributed by atoms with E-state index < -0.39 is 0 Å². The number of hydrogen-bond donors (Lipinski definition) is 1. The summed E-state index contributed by atoms with van der Waals surface area (Å²) in [6.07, 6.45) is 0. The van der Waals surface area contributed by atoms with Crippen molar-refractivity contribution in [1.29, 1.82) is 0 Å². The highest BCUT2D eigenvalue weighted by molar-refractivity contribution is 9.10. The van der Waals surface area contributed by atoms with E-state index >= 15 is 0 Å². The number of aliphatic imine (C=N–C) groups is 1. The molecule has 1 aromatic carbocycles. The van der Waals surface area contributed by atoms with Crippen LogP contribution in [0.15, 0.2) is 27.7 Å². The predicted octanol–water partition coefficient (Wildman–Crippen LogP) is 3.79. The summed E-state index contributed by atoms with van der Waals surface area (Å²) >= 11 is 3.51. The van der Waals surface area contributed by atoms with Crippen LogP contribution in [-0.2, 0) is 0 Å². The summed E-state index contributed by atoms with van der Waals surface area (Å²) in [6, 6.07) is 5.97. The van der Waals surface area contributed by atoms with Crippen LogP contribution >= 0.6 is 15.9 Å². The van der Waals surface area contributed by atoms with Crippen molar-refractivity contribution < 1.29 is 0 Å². The molecule has 0 fully saturated rings. The zero-order valence-electron chi connectivity index (χ0n) is 9.63. The highest BCUT2D eigenvalue weighted by Gasteiger charge is 2.15. The molecule has 0 unspecified atom stereocenters. The molecule has 0 amide bonds. The van der Waals surface area contributed by atoms with Crippen molar-refractivity contribution in [3.05, 3.63) is 28.2 Å². The number of halogens is 1. The van der Waals surface area contributed by atoms with E-state index in [1.165, 1.54) is 0 Å². The third-order valence-electron chi connectivity index (χ3n) is 2.18.